The predicted molar refractivity (Wildman–Crippen MR) is 63.4 cm³/mol. The van der Waals surface area contributed by atoms with Gasteiger partial charge in [0.05, 0.1) is 0 Å². The quantitative estimate of drug-likeness (QED) is 0.687. The summed E-state index contributed by atoms with van der Waals surface area (Å²) in [6.45, 7) is 9.29. The zero-order valence-corrected chi connectivity index (χ0v) is 10.2. The van der Waals surface area contributed by atoms with Gasteiger partial charge in [0.2, 0.25) is 0 Å². The molecule has 1 heteroatoms. The van der Waals surface area contributed by atoms with E-state index in [0.717, 1.165) is 24.3 Å². The Morgan fingerprint density at radius 3 is 2.36 bits per heavy atom. The van der Waals surface area contributed by atoms with Gasteiger partial charge in [-0.2, -0.15) is 0 Å². The van der Waals surface area contributed by atoms with Crippen LogP contribution in [0.4, 0.5) is 0 Å². The van der Waals surface area contributed by atoms with Gasteiger partial charge in [0.25, 0.3) is 0 Å². The average molecular weight is 197 g/mol. The zero-order chi connectivity index (χ0) is 10.4. The van der Waals surface area contributed by atoms with Gasteiger partial charge in [0.1, 0.15) is 0 Å². The van der Waals surface area contributed by atoms with E-state index in [-0.39, 0.29) is 0 Å². The molecule has 1 N–H and O–H groups in total. The highest BCUT2D eigenvalue weighted by atomic mass is 14.8. The molecule has 1 nitrogen and oxygen atoms in total. The zero-order valence-electron chi connectivity index (χ0n) is 10.2. The van der Waals surface area contributed by atoms with Crippen molar-refractivity contribution < 1.29 is 0 Å². The van der Waals surface area contributed by atoms with Gasteiger partial charge in [0.15, 0.2) is 0 Å². The van der Waals surface area contributed by atoms with Crippen LogP contribution in [0.3, 0.4) is 0 Å². The van der Waals surface area contributed by atoms with Crippen LogP contribution in [-0.2, 0) is 0 Å². The van der Waals surface area contributed by atoms with Gasteiger partial charge < -0.3 is 5.32 Å². The molecule has 0 heterocycles. The number of rotatable bonds is 6. The van der Waals surface area contributed by atoms with Gasteiger partial charge in [-0.15, -0.1) is 0 Å². The second-order valence-electron chi connectivity index (χ2n) is 5.20. The highest BCUT2D eigenvalue weighted by Gasteiger charge is 2.21. The van der Waals surface area contributed by atoms with Crippen molar-refractivity contribution in [2.24, 2.45) is 17.8 Å². The van der Waals surface area contributed by atoms with Crippen molar-refractivity contribution >= 4 is 0 Å². The van der Waals surface area contributed by atoms with Crippen molar-refractivity contribution in [1.82, 2.24) is 5.32 Å². The van der Waals surface area contributed by atoms with E-state index in [1.807, 2.05) is 0 Å². The normalized spacial score (nSPS) is 20.6. The highest BCUT2D eigenvalue weighted by Crippen LogP contribution is 2.32. The molecule has 0 amide bonds. The van der Waals surface area contributed by atoms with Crippen LogP contribution in [0, 0.1) is 17.8 Å². The van der Waals surface area contributed by atoms with Crippen LogP contribution in [0.2, 0.25) is 0 Å². The molecule has 1 saturated carbocycles. The van der Waals surface area contributed by atoms with Gasteiger partial charge in [-0.1, -0.05) is 46.5 Å². The number of hydrogen-bond acceptors (Lipinski definition) is 1. The van der Waals surface area contributed by atoms with Crippen LogP contribution < -0.4 is 5.32 Å². The monoisotopic (exact) mass is 197 g/mol. The molecule has 0 radical (unpaired) electrons. The smallest absolute Gasteiger partial charge is 0.00181 e. The predicted octanol–water partition coefficient (Wildman–Crippen LogP) is 3.45. The molecule has 1 aliphatic rings. The second kappa shape index (κ2) is 6.44. The van der Waals surface area contributed by atoms with Gasteiger partial charge in [-0.05, 0) is 37.3 Å². The lowest BCUT2D eigenvalue weighted by atomic mass is 9.85. The van der Waals surface area contributed by atoms with Crippen LogP contribution >= 0.6 is 0 Å². The van der Waals surface area contributed by atoms with Gasteiger partial charge >= 0.3 is 0 Å². The lowest BCUT2D eigenvalue weighted by Gasteiger charge is -2.24. The minimum absolute atomic E-state index is 0.842. The summed E-state index contributed by atoms with van der Waals surface area (Å²) < 4.78 is 0. The van der Waals surface area contributed by atoms with E-state index < -0.39 is 0 Å². The van der Waals surface area contributed by atoms with Crippen molar-refractivity contribution in [2.75, 3.05) is 13.1 Å². The van der Waals surface area contributed by atoms with Crippen LogP contribution in [0.25, 0.3) is 0 Å². The molecule has 0 bridgehead atoms. The lowest BCUT2D eigenvalue weighted by molar-refractivity contribution is 0.289. The molecule has 0 aliphatic heterocycles. The average Bonchev–Trinajstić information content (AvgIpc) is 2.64. The molecule has 14 heavy (non-hydrogen) atoms. The Morgan fingerprint density at radius 2 is 1.86 bits per heavy atom. The molecule has 1 aliphatic carbocycles. The summed E-state index contributed by atoms with van der Waals surface area (Å²) in [7, 11) is 0. The Balaban J connectivity index is 2.26. The Kier molecular flexibility index (Phi) is 5.54. The van der Waals surface area contributed by atoms with Crippen molar-refractivity contribution in [1.29, 1.82) is 0 Å². The Bertz CT molecular complexity index is 136. The lowest BCUT2D eigenvalue weighted by Crippen LogP contribution is -2.27. The first-order valence-electron chi connectivity index (χ1n) is 6.44. The van der Waals surface area contributed by atoms with Gasteiger partial charge in [0, 0.05) is 0 Å². The maximum atomic E-state index is 3.50. The molecular weight excluding hydrogens is 170 g/mol. The van der Waals surface area contributed by atoms with E-state index >= 15 is 0 Å². The summed E-state index contributed by atoms with van der Waals surface area (Å²) in [6.07, 6.45) is 7.42. The molecular formula is C13H27N. The van der Waals surface area contributed by atoms with E-state index in [4.69, 9.17) is 0 Å². The third-order valence-electron chi connectivity index (χ3n) is 3.71. The largest absolute Gasteiger partial charge is 0.317 e. The summed E-state index contributed by atoms with van der Waals surface area (Å²) in [4.78, 5) is 0. The molecule has 1 fully saturated rings. The highest BCUT2D eigenvalue weighted by molar-refractivity contribution is 4.74. The minimum Gasteiger partial charge on any atom is -0.317 e. The van der Waals surface area contributed by atoms with Crippen LogP contribution in [0.15, 0.2) is 0 Å². The molecule has 0 aromatic rings. The minimum atomic E-state index is 0.842. The third kappa shape index (κ3) is 4.00. The third-order valence-corrected chi connectivity index (χ3v) is 3.71. The maximum Gasteiger partial charge on any atom is -0.00181 e. The van der Waals surface area contributed by atoms with Crippen molar-refractivity contribution in [3.63, 3.8) is 0 Å². The first-order valence-corrected chi connectivity index (χ1v) is 6.44. The fourth-order valence-electron chi connectivity index (χ4n) is 2.60. The maximum absolute atomic E-state index is 3.50. The number of nitrogens with one attached hydrogen (secondary N) is 1. The molecule has 0 saturated heterocycles. The van der Waals surface area contributed by atoms with E-state index in [0.29, 0.717) is 0 Å². The van der Waals surface area contributed by atoms with Crippen molar-refractivity contribution in [3.05, 3.63) is 0 Å². The number of hydrogen-bond donors (Lipinski definition) is 1. The van der Waals surface area contributed by atoms with Crippen molar-refractivity contribution in [3.8, 4) is 0 Å². The fourth-order valence-corrected chi connectivity index (χ4v) is 2.60. The van der Waals surface area contributed by atoms with Gasteiger partial charge in [-0.3, -0.25) is 0 Å². The summed E-state index contributed by atoms with van der Waals surface area (Å²) in [6, 6.07) is 0. The molecule has 1 unspecified atom stereocenters. The Labute approximate surface area is 89.7 Å². The summed E-state index contributed by atoms with van der Waals surface area (Å²) in [5, 5.41) is 3.50. The summed E-state index contributed by atoms with van der Waals surface area (Å²) >= 11 is 0. The standard InChI is InChI=1S/C13H27N/c1-4-14-10-13(11(2)3)9-12-7-5-6-8-12/h11-14H,4-10H2,1-3H3. The molecule has 84 valence electrons. The molecule has 1 rings (SSSR count). The first-order chi connectivity index (χ1) is 6.74. The summed E-state index contributed by atoms with van der Waals surface area (Å²) in [5.41, 5.74) is 0. The van der Waals surface area contributed by atoms with E-state index in [1.54, 1.807) is 0 Å². The van der Waals surface area contributed by atoms with E-state index in [2.05, 4.69) is 26.1 Å². The fraction of sp³-hybridized carbons (Fsp3) is 1.00. The van der Waals surface area contributed by atoms with Crippen LogP contribution in [0.5, 0.6) is 0 Å². The topological polar surface area (TPSA) is 12.0 Å². The van der Waals surface area contributed by atoms with Crippen LogP contribution in [-0.4, -0.2) is 13.1 Å². The molecule has 0 aromatic heterocycles. The SMILES string of the molecule is CCNCC(CC1CCCC1)C(C)C. The van der Waals surface area contributed by atoms with Gasteiger partial charge in [-0.25, -0.2) is 0 Å². The van der Waals surface area contributed by atoms with Crippen molar-refractivity contribution in [2.45, 2.75) is 52.9 Å². The Morgan fingerprint density at radius 1 is 1.21 bits per heavy atom. The second-order valence-corrected chi connectivity index (χ2v) is 5.20. The molecule has 0 spiro atoms. The van der Waals surface area contributed by atoms with E-state index in [9.17, 15) is 0 Å². The molecule has 0 aromatic carbocycles. The molecule has 1 atom stereocenters. The Hall–Kier alpha value is -0.0400. The van der Waals surface area contributed by atoms with E-state index in [1.165, 1.54) is 38.6 Å². The van der Waals surface area contributed by atoms with Crippen LogP contribution in [0.1, 0.15) is 52.9 Å². The first kappa shape index (κ1) is 12.0. The summed E-state index contributed by atoms with van der Waals surface area (Å²) in [5.74, 6) is 2.79.